The van der Waals surface area contributed by atoms with E-state index >= 15 is 0 Å². The molecule has 0 radical (unpaired) electrons. The fraction of sp³-hybridized carbons (Fsp3) is 0.200. The highest BCUT2D eigenvalue weighted by molar-refractivity contribution is 7.17. The molecule has 0 aliphatic carbocycles. The first kappa shape index (κ1) is 9.62. The van der Waals surface area contributed by atoms with E-state index in [2.05, 4.69) is 0 Å². The molecule has 4 heteroatoms. The molecule has 74 valence electrons. The van der Waals surface area contributed by atoms with Crippen molar-refractivity contribution in [3.63, 3.8) is 0 Å². The SMILES string of the molecule is COc1c(CCl)cc(N)c2sccc12. The van der Waals surface area contributed by atoms with E-state index in [0.29, 0.717) is 5.88 Å². The zero-order valence-corrected chi connectivity index (χ0v) is 9.28. The summed E-state index contributed by atoms with van der Waals surface area (Å²) in [6, 6.07) is 3.88. The van der Waals surface area contributed by atoms with Gasteiger partial charge in [-0.1, -0.05) is 0 Å². The Hall–Kier alpha value is -0.930. The minimum absolute atomic E-state index is 0.416. The number of nitrogen functional groups attached to an aromatic ring is 1. The highest BCUT2D eigenvalue weighted by Gasteiger charge is 2.11. The largest absolute Gasteiger partial charge is 0.496 e. The van der Waals surface area contributed by atoms with Gasteiger partial charge in [-0.15, -0.1) is 22.9 Å². The predicted octanol–water partition coefficient (Wildman–Crippen LogP) is 3.23. The predicted molar refractivity (Wildman–Crippen MR) is 62.3 cm³/mol. The van der Waals surface area contributed by atoms with Gasteiger partial charge in [0.15, 0.2) is 0 Å². The van der Waals surface area contributed by atoms with Crippen LogP contribution in [0.15, 0.2) is 17.5 Å². The maximum Gasteiger partial charge on any atom is 0.132 e. The van der Waals surface area contributed by atoms with Crippen molar-refractivity contribution in [2.75, 3.05) is 12.8 Å². The second-order valence-corrected chi connectivity index (χ2v) is 4.14. The third-order valence-electron chi connectivity index (χ3n) is 2.14. The quantitative estimate of drug-likeness (QED) is 0.632. The molecule has 0 aliphatic rings. The molecule has 1 aromatic carbocycles. The van der Waals surface area contributed by atoms with Crippen LogP contribution in [-0.4, -0.2) is 7.11 Å². The fourth-order valence-electron chi connectivity index (χ4n) is 1.54. The summed E-state index contributed by atoms with van der Waals surface area (Å²) in [5.41, 5.74) is 7.61. The van der Waals surface area contributed by atoms with E-state index in [1.165, 1.54) is 0 Å². The first-order valence-corrected chi connectivity index (χ1v) is 5.58. The van der Waals surface area contributed by atoms with Gasteiger partial charge in [-0.05, 0) is 17.5 Å². The van der Waals surface area contributed by atoms with Crippen LogP contribution < -0.4 is 10.5 Å². The highest BCUT2D eigenvalue weighted by atomic mass is 35.5. The number of thiophene rings is 1. The van der Waals surface area contributed by atoms with E-state index in [9.17, 15) is 0 Å². The maximum atomic E-state index is 5.90. The van der Waals surface area contributed by atoms with E-state index in [1.54, 1.807) is 18.4 Å². The number of ether oxygens (including phenoxy) is 1. The highest BCUT2D eigenvalue weighted by Crippen LogP contribution is 2.37. The Bertz CT molecular complexity index is 466. The summed E-state index contributed by atoms with van der Waals surface area (Å²) >= 11 is 7.43. The summed E-state index contributed by atoms with van der Waals surface area (Å²) in [5, 5.41) is 3.05. The molecule has 0 amide bonds. The van der Waals surface area contributed by atoms with Crippen molar-refractivity contribution in [1.82, 2.24) is 0 Å². The van der Waals surface area contributed by atoms with Crippen LogP contribution in [0, 0.1) is 0 Å². The summed E-state index contributed by atoms with van der Waals surface area (Å²) in [6.45, 7) is 0. The van der Waals surface area contributed by atoms with E-state index in [1.807, 2.05) is 17.5 Å². The van der Waals surface area contributed by atoms with Gasteiger partial charge in [-0.25, -0.2) is 0 Å². The van der Waals surface area contributed by atoms with E-state index in [4.69, 9.17) is 22.1 Å². The van der Waals surface area contributed by atoms with Crippen LogP contribution in [-0.2, 0) is 5.88 Å². The Morgan fingerprint density at radius 2 is 2.36 bits per heavy atom. The van der Waals surface area contributed by atoms with Gasteiger partial charge < -0.3 is 10.5 Å². The molecule has 0 aliphatic heterocycles. The Kier molecular flexibility index (Phi) is 2.52. The lowest BCUT2D eigenvalue weighted by atomic mass is 10.1. The Labute approximate surface area is 91.2 Å². The van der Waals surface area contributed by atoms with Crippen molar-refractivity contribution in [3.05, 3.63) is 23.1 Å². The average molecular weight is 228 g/mol. The summed E-state index contributed by atoms with van der Waals surface area (Å²) < 4.78 is 6.39. The van der Waals surface area contributed by atoms with E-state index in [0.717, 1.165) is 27.1 Å². The molecule has 0 unspecified atom stereocenters. The van der Waals surface area contributed by atoms with Gasteiger partial charge in [-0.2, -0.15) is 0 Å². The third-order valence-corrected chi connectivity index (χ3v) is 3.39. The number of fused-ring (bicyclic) bond motifs is 1. The van der Waals surface area contributed by atoms with Crippen molar-refractivity contribution < 1.29 is 4.74 Å². The van der Waals surface area contributed by atoms with Crippen LogP contribution in [0.2, 0.25) is 0 Å². The molecule has 2 aromatic rings. The van der Waals surface area contributed by atoms with Gasteiger partial charge in [-0.3, -0.25) is 0 Å². The fourth-order valence-corrected chi connectivity index (χ4v) is 2.57. The number of anilines is 1. The number of alkyl halides is 1. The topological polar surface area (TPSA) is 35.2 Å². The zero-order valence-electron chi connectivity index (χ0n) is 7.71. The van der Waals surface area contributed by atoms with Gasteiger partial charge >= 0.3 is 0 Å². The van der Waals surface area contributed by atoms with Crippen molar-refractivity contribution >= 4 is 38.7 Å². The van der Waals surface area contributed by atoms with Gasteiger partial charge in [0.25, 0.3) is 0 Å². The van der Waals surface area contributed by atoms with Crippen LogP contribution in [0.3, 0.4) is 0 Å². The molecule has 0 fully saturated rings. The van der Waals surface area contributed by atoms with Crippen molar-refractivity contribution in [2.45, 2.75) is 5.88 Å². The minimum atomic E-state index is 0.416. The summed E-state index contributed by atoms with van der Waals surface area (Å²) in [7, 11) is 1.65. The monoisotopic (exact) mass is 227 g/mol. The maximum absolute atomic E-state index is 5.90. The molecule has 2 nitrogen and oxygen atoms in total. The summed E-state index contributed by atoms with van der Waals surface area (Å²) in [5.74, 6) is 1.25. The summed E-state index contributed by atoms with van der Waals surface area (Å²) in [4.78, 5) is 0. The molecule has 14 heavy (non-hydrogen) atoms. The molecular weight excluding hydrogens is 218 g/mol. The molecule has 2 N–H and O–H groups in total. The number of hydrogen-bond donors (Lipinski definition) is 1. The molecule has 1 aromatic heterocycles. The first-order valence-electron chi connectivity index (χ1n) is 4.16. The van der Waals surface area contributed by atoms with Gasteiger partial charge in [0.2, 0.25) is 0 Å². The molecule has 2 rings (SSSR count). The van der Waals surface area contributed by atoms with Crippen LogP contribution in [0.1, 0.15) is 5.56 Å². The van der Waals surface area contributed by atoms with Gasteiger partial charge in [0.05, 0.1) is 23.4 Å². The number of halogens is 1. The molecule has 0 saturated carbocycles. The average Bonchev–Trinajstić information content (AvgIpc) is 2.66. The van der Waals surface area contributed by atoms with Crippen molar-refractivity contribution in [1.29, 1.82) is 0 Å². The lowest BCUT2D eigenvalue weighted by Crippen LogP contribution is -1.93. The third kappa shape index (κ3) is 1.33. The number of nitrogens with two attached hydrogens (primary N) is 1. The number of rotatable bonds is 2. The minimum Gasteiger partial charge on any atom is -0.496 e. The van der Waals surface area contributed by atoms with E-state index < -0.39 is 0 Å². The molecule has 0 saturated heterocycles. The summed E-state index contributed by atoms with van der Waals surface area (Å²) in [6.07, 6.45) is 0. The lowest BCUT2D eigenvalue weighted by Gasteiger charge is -2.09. The second-order valence-electron chi connectivity index (χ2n) is 2.96. The second kappa shape index (κ2) is 3.67. The Balaban J connectivity index is 2.82. The molecule has 0 atom stereocenters. The first-order chi connectivity index (χ1) is 6.77. The molecule has 0 bridgehead atoms. The Morgan fingerprint density at radius 3 is 3.00 bits per heavy atom. The normalized spacial score (nSPS) is 10.7. The lowest BCUT2D eigenvalue weighted by molar-refractivity contribution is 0.416. The van der Waals surface area contributed by atoms with Crippen molar-refractivity contribution in [2.24, 2.45) is 0 Å². The van der Waals surface area contributed by atoms with Crippen LogP contribution >= 0.6 is 22.9 Å². The standard InChI is InChI=1S/C10H10ClNOS/c1-13-9-6(5-11)4-8(12)10-7(9)2-3-14-10/h2-4H,5,12H2,1H3. The zero-order chi connectivity index (χ0) is 10.1. The van der Waals surface area contributed by atoms with Crippen LogP contribution in [0.4, 0.5) is 5.69 Å². The van der Waals surface area contributed by atoms with Gasteiger partial charge in [0, 0.05) is 10.9 Å². The smallest absolute Gasteiger partial charge is 0.132 e. The van der Waals surface area contributed by atoms with Crippen LogP contribution in [0.25, 0.3) is 10.1 Å². The molecular formula is C10H10ClNOS. The molecule has 0 spiro atoms. The molecule has 1 heterocycles. The number of hydrogen-bond acceptors (Lipinski definition) is 3. The number of methoxy groups -OCH3 is 1. The van der Waals surface area contributed by atoms with Gasteiger partial charge in [0.1, 0.15) is 5.75 Å². The Morgan fingerprint density at radius 1 is 1.57 bits per heavy atom. The number of benzene rings is 1. The van der Waals surface area contributed by atoms with Crippen LogP contribution in [0.5, 0.6) is 5.75 Å². The van der Waals surface area contributed by atoms with E-state index in [-0.39, 0.29) is 0 Å². The van der Waals surface area contributed by atoms with Crippen molar-refractivity contribution in [3.8, 4) is 5.75 Å².